The van der Waals surface area contributed by atoms with Crippen LogP contribution >= 0.6 is 21.6 Å². The lowest BCUT2D eigenvalue weighted by atomic mass is 10.1. The van der Waals surface area contributed by atoms with E-state index in [4.69, 9.17) is 0 Å². The number of fused-ring (bicyclic) bond motifs is 1. The maximum Gasteiger partial charge on any atom is 0.416 e. The number of benzene rings is 1. The summed E-state index contributed by atoms with van der Waals surface area (Å²) in [7, 11) is 2.75. The average molecular weight is 331 g/mol. The number of amidine groups is 2. The van der Waals surface area contributed by atoms with E-state index >= 15 is 0 Å². The van der Waals surface area contributed by atoms with E-state index in [-0.39, 0.29) is 5.56 Å². The molecule has 1 aromatic carbocycles. The van der Waals surface area contributed by atoms with Crippen molar-refractivity contribution < 1.29 is 18.0 Å². The highest BCUT2D eigenvalue weighted by Gasteiger charge is 2.32. The van der Waals surface area contributed by atoms with Crippen molar-refractivity contribution in [3.8, 4) is 0 Å². The third kappa shape index (κ3) is 2.93. The standard InChI is InChI=1S/C12H8F3N3OS2/c13-12(14,15)8-3-1-7(2-4-8)9(19)17-11-18-6-5-16-10(18)20-21-11/h1-4H,5-6H2. The Hall–Kier alpha value is -1.48. The zero-order valence-electron chi connectivity index (χ0n) is 10.4. The Morgan fingerprint density at radius 1 is 1.24 bits per heavy atom. The minimum absolute atomic E-state index is 0.130. The molecule has 1 saturated heterocycles. The summed E-state index contributed by atoms with van der Waals surface area (Å²) < 4.78 is 37.4. The monoisotopic (exact) mass is 331 g/mol. The Labute approximate surface area is 125 Å². The fraction of sp³-hybridized carbons (Fsp3) is 0.250. The molecule has 0 radical (unpaired) electrons. The van der Waals surface area contributed by atoms with E-state index in [0.717, 1.165) is 29.4 Å². The van der Waals surface area contributed by atoms with Gasteiger partial charge < -0.3 is 0 Å². The molecule has 0 spiro atoms. The molecule has 0 bridgehead atoms. The summed E-state index contributed by atoms with van der Waals surface area (Å²) in [6.45, 7) is 1.34. The highest BCUT2D eigenvalue weighted by atomic mass is 33.1. The van der Waals surface area contributed by atoms with Gasteiger partial charge >= 0.3 is 6.18 Å². The molecule has 1 fully saturated rings. The molecule has 2 aliphatic rings. The molecule has 0 saturated carbocycles. The van der Waals surface area contributed by atoms with Gasteiger partial charge in [0.1, 0.15) is 0 Å². The highest BCUT2D eigenvalue weighted by molar-refractivity contribution is 8.88. The Kier molecular flexibility index (Phi) is 3.70. The van der Waals surface area contributed by atoms with Crippen LogP contribution in [0.25, 0.3) is 0 Å². The largest absolute Gasteiger partial charge is 0.416 e. The molecular weight excluding hydrogens is 323 g/mol. The smallest absolute Gasteiger partial charge is 0.297 e. The summed E-state index contributed by atoms with van der Waals surface area (Å²) in [6.07, 6.45) is -4.41. The number of nitrogens with zero attached hydrogens (tertiary/aromatic N) is 3. The van der Waals surface area contributed by atoms with E-state index in [0.29, 0.717) is 18.3 Å². The Bertz CT molecular complexity index is 640. The van der Waals surface area contributed by atoms with Gasteiger partial charge in [0.05, 0.1) is 12.1 Å². The van der Waals surface area contributed by atoms with Crippen LogP contribution < -0.4 is 0 Å². The van der Waals surface area contributed by atoms with E-state index < -0.39 is 17.6 Å². The maximum absolute atomic E-state index is 12.5. The van der Waals surface area contributed by atoms with Crippen molar-refractivity contribution in [3.63, 3.8) is 0 Å². The van der Waals surface area contributed by atoms with Gasteiger partial charge in [0.25, 0.3) is 5.91 Å². The molecule has 4 nitrogen and oxygen atoms in total. The van der Waals surface area contributed by atoms with Crippen LogP contribution in [0.2, 0.25) is 0 Å². The van der Waals surface area contributed by atoms with E-state index in [1.807, 2.05) is 4.90 Å². The summed E-state index contributed by atoms with van der Waals surface area (Å²) >= 11 is 0. The Morgan fingerprint density at radius 3 is 2.62 bits per heavy atom. The van der Waals surface area contributed by atoms with Crippen LogP contribution in [0.3, 0.4) is 0 Å². The number of amides is 1. The lowest BCUT2D eigenvalue weighted by Crippen LogP contribution is -2.26. The first-order valence-electron chi connectivity index (χ1n) is 5.92. The zero-order chi connectivity index (χ0) is 15.0. The van der Waals surface area contributed by atoms with Gasteiger partial charge in [-0.15, -0.1) is 0 Å². The maximum atomic E-state index is 12.5. The predicted octanol–water partition coefficient (Wildman–Crippen LogP) is 3.27. The number of hydrogen-bond donors (Lipinski definition) is 0. The average Bonchev–Trinajstić information content (AvgIpc) is 3.03. The molecule has 0 aromatic heterocycles. The van der Waals surface area contributed by atoms with Crippen molar-refractivity contribution in [1.29, 1.82) is 0 Å². The SMILES string of the molecule is O=C(N=C1SSC2=NCCN21)c1ccc(C(F)(F)F)cc1. The van der Waals surface area contributed by atoms with Crippen LogP contribution in [0.1, 0.15) is 15.9 Å². The first kappa shape index (κ1) is 14.5. The first-order valence-corrected chi connectivity index (χ1v) is 8.07. The number of aliphatic imine (C=N–C) groups is 2. The Morgan fingerprint density at radius 2 is 1.95 bits per heavy atom. The normalized spacial score (nSPS) is 19.9. The van der Waals surface area contributed by atoms with Crippen molar-refractivity contribution in [2.24, 2.45) is 9.98 Å². The quantitative estimate of drug-likeness (QED) is 0.741. The minimum Gasteiger partial charge on any atom is -0.297 e. The predicted molar refractivity (Wildman–Crippen MR) is 77.4 cm³/mol. The molecule has 0 N–H and O–H groups in total. The first-order chi connectivity index (χ1) is 9.95. The summed E-state index contributed by atoms with van der Waals surface area (Å²) in [5.74, 6) is -0.556. The topological polar surface area (TPSA) is 45.0 Å². The lowest BCUT2D eigenvalue weighted by Gasteiger charge is -2.09. The van der Waals surface area contributed by atoms with E-state index in [2.05, 4.69) is 9.98 Å². The Balaban J connectivity index is 1.78. The number of alkyl halides is 3. The molecule has 1 aromatic rings. The molecule has 0 aliphatic carbocycles. The van der Waals surface area contributed by atoms with Crippen LogP contribution in [0.5, 0.6) is 0 Å². The van der Waals surface area contributed by atoms with Gasteiger partial charge in [-0.05, 0) is 45.9 Å². The summed E-state index contributed by atoms with van der Waals surface area (Å²) in [4.78, 5) is 22.0. The van der Waals surface area contributed by atoms with Crippen LogP contribution in [0.4, 0.5) is 13.2 Å². The van der Waals surface area contributed by atoms with Crippen molar-refractivity contribution in [1.82, 2.24) is 4.90 Å². The van der Waals surface area contributed by atoms with Crippen LogP contribution in [-0.2, 0) is 6.18 Å². The second-order valence-corrected chi connectivity index (χ2v) is 6.32. The van der Waals surface area contributed by atoms with Crippen molar-refractivity contribution in [2.75, 3.05) is 13.1 Å². The second-order valence-electron chi connectivity index (χ2n) is 4.26. The zero-order valence-corrected chi connectivity index (χ0v) is 12.1. The third-order valence-corrected chi connectivity index (χ3v) is 5.07. The molecule has 21 heavy (non-hydrogen) atoms. The molecule has 0 atom stereocenters. The van der Waals surface area contributed by atoms with Gasteiger partial charge in [0, 0.05) is 12.1 Å². The summed E-state index contributed by atoms with van der Waals surface area (Å²) in [6, 6.07) is 4.04. The van der Waals surface area contributed by atoms with Crippen LogP contribution in [0, 0.1) is 0 Å². The minimum atomic E-state index is -4.41. The van der Waals surface area contributed by atoms with Gasteiger partial charge in [-0.3, -0.25) is 14.7 Å². The molecular formula is C12H8F3N3OS2. The highest BCUT2D eigenvalue weighted by Crippen LogP contribution is 2.38. The number of halogens is 3. The van der Waals surface area contributed by atoms with Gasteiger partial charge in [-0.25, -0.2) is 0 Å². The van der Waals surface area contributed by atoms with E-state index in [1.165, 1.54) is 21.6 Å². The summed E-state index contributed by atoms with van der Waals surface area (Å²) in [5, 5.41) is 1.35. The van der Waals surface area contributed by atoms with Crippen LogP contribution in [-0.4, -0.2) is 34.2 Å². The molecule has 0 unspecified atom stereocenters. The number of carbonyl (C=O) groups excluding carboxylic acids is 1. The lowest BCUT2D eigenvalue weighted by molar-refractivity contribution is -0.137. The molecule has 2 heterocycles. The molecule has 3 rings (SSSR count). The van der Waals surface area contributed by atoms with Gasteiger partial charge in [-0.1, -0.05) is 0 Å². The fourth-order valence-corrected chi connectivity index (χ4v) is 4.09. The van der Waals surface area contributed by atoms with Crippen molar-refractivity contribution in [2.45, 2.75) is 6.18 Å². The number of rotatable bonds is 1. The van der Waals surface area contributed by atoms with Crippen LogP contribution in [0.15, 0.2) is 34.3 Å². The van der Waals surface area contributed by atoms with Crippen molar-refractivity contribution in [3.05, 3.63) is 35.4 Å². The van der Waals surface area contributed by atoms with Gasteiger partial charge in [0.15, 0.2) is 10.3 Å². The number of carbonyl (C=O) groups is 1. The molecule has 1 amide bonds. The number of hydrogen-bond acceptors (Lipinski definition) is 4. The van der Waals surface area contributed by atoms with Gasteiger partial charge in [0.2, 0.25) is 0 Å². The summed E-state index contributed by atoms with van der Waals surface area (Å²) in [5.41, 5.74) is -0.655. The molecule has 110 valence electrons. The van der Waals surface area contributed by atoms with Gasteiger partial charge in [-0.2, -0.15) is 18.2 Å². The van der Waals surface area contributed by atoms with E-state index in [1.54, 1.807) is 0 Å². The van der Waals surface area contributed by atoms with E-state index in [9.17, 15) is 18.0 Å². The fourth-order valence-electron chi connectivity index (χ4n) is 1.83. The third-order valence-electron chi connectivity index (χ3n) is 2.88. The second kappa shape index (κ2) is 5.38. The molecule has 2 aliphatic heterocycles. The molecule has 9 heteroatoms. The van der Waals surface area contributed by atoms with Crippen molar-refractivity contribution >= 4 is 37.8 Å².